The van der Waals surface area contributed by atoms with Crippen molar-refractivity contribution in [3.8, 4) is 5.75 Å². The number of likely N-dealkylation sites (tertiary alicyclic amines) is 1. The number of rotatable bonds is 5. The molecule has 1 aliphatic heterocycles. The zero-order valence-electron chi connectivity index (χ0n) is 16.2. The zero-order chi connectivity index (χ0) is 19.1. The highest BCUT2D eigenvalue weighted by atomic mass is 32.1. The molecular weight excluding hydrogens is 358 g/mol. The minimum Gasteiger partial charge on any atom is -0.492 e. The van der Waals surface area contributed by atoms with Crippen LogP contribution in [-0.2, 0) is 4.79 Å². The van der Waals surface area contributed by atoms with Gasteiger partial charge in [0.2, 0.25) is 5.91 Å². The van der Waals surface area contributed by atoms with Crippen LogP contribution in [0.2, 0.25) is 0 Å². The summed E-state index contributed by atoms with van der Waals surface area (Å²) in [5.74, 6) is 1.31. The molecule has 1 saturated heterocycles. The second-order valence-corrected chi connectivity index (χ2v) is 7.85. The molecule has 0 aromatic heterocycles. The van der Waals surface area contributed by atoms with Crippen molar-refractivity contribution in [3.63, 3.8) is 0 Å². The summed E-state index contributed by atoms with van der Waals surface area (Å²) in [5, 5.41) is 7.31. The number of benzene rings is 1. The number of amides is 1. The molecular formula is C21H31N3O2S. The summed E-state index contributed by atoms with van der Waals surface area (Å²) in [6, 6.07) is 8.13. The predicted molar refractivity (Wildman–Crippen MR) is 113 cm³/mol. The van der Waals surface area contributed by atoms with Gasteiger partial charge in [-0.3, -0.25) is 4.79 Å². The molecule has 2 N–H and O–H groups in total. The van der Waals surface area contributed by atoms with Gasteiger partial charge in [-0.25, -0.2) is 0 Å². The smallest absolute Gasteiger partial charge is 0.223 e. The third-order valence-electron chi connectivity index (χ3n) is 5.53. The van der Waals surface area contributed by atoms with E-state index in [1.807, 2.05) is 31.2 Å². The molecule has 27 heavy (non-hydrogen) atoms. The van der Waals surface area contributed by atoms with Crippen molar-refractivity contribution >= 4 is 28.9 Å². The Bertz CT molecular complexity index is 638. The van der Waals surface area contributed by atoms with Crippen molar-refractivity contribution in [2.75, 3.05) is 25.0 Å². The van der Waals surface area contributed by atoms with Gasteiger partial charge in [-0.15, -0.1) is 0 Å². The lowest BCUT2D eigenvalue weighted by Crippen LogP contribution is -2.48. The highest BCUT2D eigenvalue weighted by molar-refractivity contribution is 7.80. The summed E-state index contributed by atoms with van der Waals surface area (Å²) in [4.78, 5) is 14.6. The molecule has 0 radical (unpaired) electrons. The quantitative estimate of drug-likeness (QED) is 0.747. The highest BCUT2D eigenvalue weighted by Gasteiger charge is 2.26. The molecule has 3 rings (SSSR count). The lowest BCUT2D eigenvalue weighted by Gasteiger charge is -2.35. The van der Waals surface area contributed by atoms with Crippen molar-refractivity contribution in [2.24, 2.45) is 5.92 Å². The van der Waals surface area contributed by atoms with Crippen LogP contribution >= 0.6 is 12.2 Å². The lowest BCUT2D eigenvalue weighted by atomic mass is 9.88. The second kappa shape index (κ2) is 9.93. The minimum absolute atomic E-state index is 0.231. The Labute approximate surface area is 167 Å². The van der Waals surface area contributed by atoms with Gasteiger partial charge in [0.25, 0.3) is 0 Å². The number of ether oxygens (including phenoxy) is 1. The number of anilines is 1. The van der Waals surface area contributed by atoms with Gasteiger partial charge in [0.05, 0.1) is 12.3 Å². The molecule has 0 atom stereocenters. The fraction of sp³-hybridized carbons (Fsp3) is 0.619. The van der Waals surface area contributed by atoms with Crippen molar-refractivity contribution in [2.45, 2.75) is 57.9 Å². The van der Waals surface area contributed by atoms with Crippen LogP contribution < -0.4 is 15.4 Å². The molecule has 1 heterocycles. The van der Waals surface area contributed by atoms with Gasteiger partial charge in [-0.1, -0.05) is 31.4 Å². The van der Waals surface area contributed by atoms with E-state index in [0.717, 1.165) is 55.3 Å². The molecule has 1 aromatic rings. The normalized spacial score (nSPS) is 18.8. The van der Waals surface area contributed by atoms with Gasteiger partial charge < -0.3 is 20.3 Å². The first-order valence-electron chi connectivity index (χ1n) is 10.3. The van der Waals surface area contributed by atoms with E-state index in [0.29, 0.717) is 6.61 Å². The van der Waals surface area contributed by atoms with Gasteiger partial charge in [0.1, 0.15) is 5.75 Å². The van der Waals surface area contributed by atoms with E-state index in [9.17, 15) is 4.79 Å². The van der Waals surface area contributed by atoms with Crippen LogP contribution in [0, 0.1) is 5.92 Å². The van der Waals surface area contributed by atoms with Gasteiger partial charge >= 0.3 is 0 Å². The third kappa shape index (κ3) is 5.58. The molecule has 5 nitrogen and oxygen atoms in total. The number of hydrogen-bond acceptors (Lipinski definition) is 3. The molecule has 0 unspecified atom stereocenters. The van der Waals surface area contributed by atoms with Gasteiger partial charge in [0.15, 0.2) is 5.11 Å². The first-order chi connectivity index (χ1) is 13.2. The van der Waals surface area contributed by atoms with E-state index in [2.05, 4.69) is 15.5 Å². The van der Waals surface area contributed by atoms with E-state index in [1.54, 1.807) is 0 Å². The van der Waals surface area contributed by atoms with Crippen LogP contribution in [0.5, 0.6) is 5.75 Å². The summed E-state index contributed by atoms with van der Waals surface area (Å²) in [6.45, 7) is 4.32. The van der Waals surface area contributed by atoms with Crippen LogP contribution in [0.3, 0.4) is 0 Å². The highest BCUT2D eigenvalue weighted by Crippen LogP contribution is 2.26. The molecule has 1 saturated carbocycles. The Morgan fingerprint density at radius 3 is 2.56 bits per heavy atom. The monoisotopic (exact) mass is 389 g/mol. The fourth-order valence-electron chi connectivity index (χ4n) is 3.96. The van der Waals surface area contributed by atoms with Crippen LogP contribution in [-0.4, -0.2) is 41.7 Å². The zero-order valence-corrected chi connectivity index (χ0v) is 17.0. The van der Waals surface area contributed by atoms with Gasteiger partial charge in [0, 0.05) is 25.0 Å². The van der Waals surface area contributed by atoms with E-state index < -0.39 is 0 Å². The van der Waals surface area contributed by atoms with Crippen LogP contribution in [0.25, 0.3) is 0 Å². The van der Waals surface area contributed by atoms with E-state index in [4.69, 9.17) is 17.0 Å². The number of thiocarbonyl (C=S) groups is 1. The van der Waals surface area contributed by atoms with E-state index >= 15 is 0 Å². The van der Waals surface area contributed by atoms with Gasteiger partial charge in [-0.2, -0.15) is 0 Å². The number of carbonyl (C=O) groups is 1. The lowest BCUT2D eigenvalue weighted by molar-refractivity contribution is -0.126. The molecule has 2 aliphatic rings. The van der Waals surface area contributed by atoms with Crippen molar-refractivity contribution in [1.82, 2.24) is 10.2 Å². The number of piperidine rings is 1. The number of carbonyl (C=O) groups excluding carboxylic acids is 1. The first kappa shape index (κ1) is 19.9. The van der Waals surface area contributed by atoms with E-state index in [1.165, 1.54) is 19.3 Å². The number of hydrogen-bond donors (Lipinski definition) is 2. The molecule has 0 bridgehead atoms. The summed E-state index contributed by atoms with van der Waals surface area (Å²) in [6.07, 6.45) is 7.65. The Kier molecular flexibility index (Phi) is 7.33. The molecule has 6 heteroatoms. The topological polar surface area (TPSA) is 53.6 Å². The number of nitrogens with zero attached hydrogens (tertiary/aromatic N) is 1. The minimum atomic E-state index is 0.231. The summed E-state index contributed by atoms with van der Waals surface area (Å²) in [5.41, 5.74) is 0.900. The Morgan fingerprint density at radius 2 is 1.85 bits per heavy atom. The molecule has 0 spiro atoms. The summed E-state index contributed by atoms with van der Waals surface area (Å²) >= 11 is 5.60. The maximum Gasteiger partial charge on any atom is 0.223 e. The average Bonchev–Trinajstić information content (AvgIpc) is 2.71. The molecule has 1 aliphatic carbocycles. The Balaban J connectivity index is 1.46. The number of nitrogens with one attached hydrogen (secondary N) is 2. The average molecular weight is 390 g/mol. The standard InChI is InChI=1S/C21H31N3O2S/c1-2-26-19-11-7-6-10-18(19)23-21(27)24-14-12-17(13-15-24)22-20(25)16-8-4-3-5-9-16/h6-7,10-11,16-17H,2-5,8-9,12-15H2,1H3,(H,22,25)(H,23,27). The Hall–Kier alpha value is -1.82. The van der Waals surface area contributed by atoms with E-state index in [-0.39, 0.29) is 17.9 Å². The SMILES string of the molecule is CCOc1ccccc1NC(=S)N1CCC(NC(=O)C2CCCCC2)CC1. The molecule has 2 fully saturated rings. The summed E-state index contributed by atoms with van der Waals surface area (Å²) < 4.78 is 5.66. The number of para-hydroxylation sites is 2. The van der Waals surface area contributed by atoms with Crippen molar-refractivity contribution in [3.05, 3.63) is 24.3 Å². The maximum atomic E-state index is 12.4. The molecule has 1 amide bonds. The first-order valence-corrected chi connectivity index (χ1v) is 10.7. The fourth-order valence-corrected chi connectivity index (χ4v) is 4.25. The molecule has 1 aromatic carbocycles. The largest absolute Gasteiger partial charge is 0.492 e. The predicted octanol–water partition coefficient (Wildman–Crippen LogP) is 3.94. The second-order valence-electron chi connectivity index (χ2n) is 7.46. The van der Waals surface area contributed by atoms with Crippen molar-refractivity contribution in [1.29, 1.82) is 0 Å². The van der Waals surface area contributed by atoms with Crippen LogP contribution in [0.1, 0.15) is 51.9 Å². The van der Waals surface area contributed by atoms with Crippen molar-refractivity contribution < 1.29 is 9.53 Å². The third-order valence-corrected chi connectivity index (χ3v) is 5.89. The summed E-state index contributed by atoms with van der Waals surface area (Å²) in [7, 11) is 0. The maximum absolute atomic E-state index is 12.4. The molecule has 148 valence electrons. The Morgan fingerprint density at radius 1 is 1.15 bits per heavy atom. The van der Waals surface area contributed by atoms with Gasteiger partial charge in [-0.05, 0) is 57.0 Å². The van der Waals surface area contributed by atoms with Crippen LogP contribution in [0.4, 0.5) is 5.69 Å². The van der Waals surface area contributed by atoms with Crippen LogP contribution in [0.15, 0.2) is 24.3 Å².